The molecule has 8 heteroatoms. The van der Waals surface area contributed by atoms with Gasteiger partial charge in [-0.1, -0.05) is 12.1 Å². The summed E-state index contributed by atoms with van der Waals surface area (Å²) in [5.74, 6) is 1.19. The van der Waals surface area contributed by atoms with Gasteiger partial charge in [0.15, 0.2) is 5.82 Å². The molecule has 7 nitrogen and oxygen atoms in total. The molecule has 0 aliphatic carbocycles. The van der Waals surface area contributed by atoms with Crippen LogP contribution in [-0.4, -0.2) is 46.7 Å². The van der Waals surface area contributed by atoms with Gasteiger partial charge in [-0.15, -0.1) is 0 Å². The summed E-state index contributed by atoms with van der Waals surface area (Å²) in [5, 5.41) is 4.01. The van der Waals surface area contributed by atoms with Gasteiger partial charge in [0.05, 0.1) is 5.75 Å². The minimum atomic E-state index is -3.16. The number of pyridine rings is 1. The van der Waals surface area contributed by atoms with Gasteiger partial charge in [-0.05, 0) is 25.0 Å². The molecule has 3 heterocycles. The first-order chi connectivity index (χ1) is 10.6. The zero-order valence-corrected chi connectivity index (χ0v) is 13.2. The Balaban J connectivity index is 1.73. The van der Waals surface area contributed by atoms with E-state index in [1.165, 1.54) is 4.31 Å². The van der Waals surface area contributed by atoms with Crippen LogP contribution in [0.1, 0.15) is 31.5 Å². The maximum Gasteiger partial charge on any atom is 0.258 e. The summed E-state index contributed by atoms with van der Waals surface area (Å²) in [6.07, 6.45) is 4.66. The highest BCUT2D eigenvalue weighted by Gasteiger charge is 2.34. The van der Waals surface area contributed by atoms with Gasteiger partial charge < -0.3 is 4.52 Å². The van der Waals surface area contributed by atoms with Gasteiger partial charge in [0, 0.05) is 37.0 Å². The van der Waals surface area contributed by atoms with Crippen molar-refractivity contribution in [1.82, 2.24) is 19.4 Å². The largest absolute Gasteiger partial charge is 0.334 e. The van der Waals surface area contributed by atoms with Crippen molar-refractivity contribution in [2.24, 2.45) is 0 Å². The van der Waals surface area contributed by atoms with Crippen LogP contribution in [0, 0.1) is 0 Å². The first-order valence-electron chi connectivity index (χ1n) is 7.32. The summed E-state index contributed by atoms with van der Waals surface area (Å²) in [5.41, 5.74) is 0.808. The Labute approximate surface area is 129 Å². The lowest BCUT2D eigenvalue weighted by Crippen LogP contribution is -2.30. The van der Waals surface area contributed by atoms with Gasteiger partial charge in [-0.2, -0.15) is 4.98 Å². The summed E-state index contributed by atoms with van der Waals surface area (Å²) < 4.78 is 31.0. The van der Waals surface area contributed by atoms with E-state index in [-0.39, 0.29) is 11.7 Å². The fourth-order valence-electron chi connectivity index (χ4n) is 2.59. The third-order valence-electron chi connectivity index (χ3n) is 3.74. The molecule has 0 spiro atoms. The molecule has 1 aliphatic rings. The Morgan fingerprint density at radius 3 is 2.86 bits per heavy atom. The molecule has 0 N–H and O–H groups in total. The minimum absolute atomic E-state index is 0.00836. The zero-order chi connectivity index (χ0) is 15.6. The topological polar surface area (TPSA) is 89.2 Å². The summed E-state index contributed by atoms with van der Waals surface area (Å²) in [7, 11) is -3.16. The van der Waals surface area contributed by atoms with Crippen LogP contribution in [0.3, 0.4) is 0 Å². The van der Waals surface area contributed by atoms with Crippen molar-refractivity contribution >= 4 is 10.0 Å². The van der Waals surface area contributed by atoms with Crippen LogP contribution in [0.5, 0.6) is 0 Å². The van der Waals surface area contributed by atoms with Gasteiger partial charge in [0.1, 0.15) is 0 Å². The Kier molecular flexibility index (Phi) is 4.21. The van der Waals surface area contributed by atoms with Crippen molar-refractivity contribution in [3.63, 3.8) is 0 Å². The highest BCUT2D eigenvalue weighted by atomic mass is 32.2. The molecule has 0 bridgehead atoms. The van der Waals surface area contributed by atoms with Gasteiger partial charge in [0.25, 0.3) is 5.89 Å². The molecule has 0 aromatic carbocycles. The standard InChI is InChI=1S/C14H18N4O3S/c1-2-9-22(19,20)18-8-5-12(10-18)13-16-14(21-17-13)11-3-6-15-7-4-11/h3-4,6-7,12H,2,5,8-10H2,1H3. The van der Waals surface area contributed by atoms with Crippen LogP contribution >= 0.6 is 0 Å². The molecule has 3 rings (SSSR count). The second-order valence-corrected chi connectivity index (χ2v) is 7.44. The first-order valence-corrected chi connectivity index (χ1v) is 8.93. The van der Waals surface area contributed by atoms with E-state index in [1.54, 1.807) is 24.5 Å². The number of hydrogen-bond acceptors (Lipinski definition) is 6. The van der Waals surface area contributed by atoms with E-state index >= 15 is 0 Å². The molecule has 118 valence electrons. The fraction of sp³-hybridized carbons (Fsp3) is 0.500. The van der Waals surface area contributed by atoms with Crippen molar-refractivity contribution in [1.29, 1.82) is 0 Å². The molecule has 0 radical (unpaired) electrons. The number of aromatic nitrogens is 3. The molecule has 1 fully saturated rings. The number of rotatable bonds is 5. The van der Waals surface area contributed by atoms with Crippen molar-refractivity contribution in [3.05, 3.63) is 30.4 Å². The van der Waals surface area contributed by atoms with Crippen molar-refractivity contribution in [2.75, 3.05) is 18.8 Å². The molecule has 0 saturated carbocycles. The van der Waals surface area contributed by atoms with Gasteiger partial charge >= 0.3 is 0 Å². The normalized spacial score (nSPS) is 19.6. The molecule has 1 aliphatic heterocycles. The molecule has 1 unspecified atom stereocenters. The predicted octanol–water partition coefficient (Wildman–Crippen LogP) is 1.66. The Morgan fingerprint density at radius 1 is 1.36 bits per heavy atom. The lowest BCUT2D eigenvalue weighted by atomic mass is 10.1. The molecular formula is C14H18N4O3S. The van der Waals surface area contributed by atoms with E-state index < -0.39 is 10.0 Å². The third kappa shape index (κ3) is 3.02. The Bertz CT molecular complexity index is 730. The summed E-state index contributed by atoms with van der Waals surface area (Å²) in [6.45, 7) is 2.81. The summed E-state index contributed by atoms with van der Waals surface area (Å²) in [6, 6.07) is 3.59. The SMILES string of the molecule is CCCS(=O)(=O)N1CCC(c2noc(-c3ccncc3)n2)C1. The van der Waals surface area contributed by atoms with Crippen LogP contribution < -0.4 is 0 Å². The number of sulfonamides is 1. The summed E-state index contributed by atoms with van der Waals surface area (Å²) in [4.78, 5) is 8.34. The molecule has 2 aromatic rings. The zero-order valence-electron chi connectivity index (χ0n) is 12.3. The Morgan fingerprint density at radius 2 is 2.14 bits per heavy atom. The Hall–Kier alpha value is -1.80. The van der Waals surface area contributed by atoms with Gasteiger partial charge in [-0.25, -0.2) is 12.7 Å². The minimum Gasteiger partial charge on any atom is -0.334 e. The average Bonchev–Trinajstić information content (AvgIpc) is 3.17. The smallest absolute Gasteiger partial charge is 0.258 e. The molecule has 1 atom stereocenters. The van der Waals surface area contributed by atoms with Gasteiger partial charge in [0.2, 0.25) is 10.0 Å². The second-order valence-electron chi connectivity index (χ2n) is 5.35. The predicted molar refractivity (Wildman–Crippen MR) is 80.5 cm³/mol. The van der Waals surface area contributed by atoms with E-state index in [0.717, 1.165) is 12.0 Å². The van der Waals surface area contributed by atoms with Crippen LogP contribution in [-0.2, 0) is 10.0 Å². The van der Waals surface area contributed by atoms with E-state index in [0.29, 0.717) is 31.2 Å². The van der Waals surface area contributed by atoms with Crippen molar-refractivity contribution < 1.29 is 12.9 Å². The highest BCUT2D eigenvalue weighted by Crippen LogP contribution is 2.28. The van der Waals surface area contributed by atoms with Crippen LogP contribution in [0.2, 0.25) is 0 Å². The fourth-order valence-corrected chi connectivity index (χ4v) is 4.16. The van der Waals surface area contributed by atoms with Crippen LogP contribution in [0.25, 0.3) is 11.5 Å². The van der Waals surface area contributed by atoms with Crippen LogP contribution in [0.4, 0.5) is 0 Å². The average molecular weight is 322 g/mol. The van der Waals surface area contributed by atoms with E-state index in [4.69, 9.17) is 4.52 Å². The molecule has 2 aromatic heterocycles. The lowest BCUT2D eigenvalue weighted by molar-refractivity contribution is 0.414. The maximum atomic E-state index is 12.1. The molecule has 22 heavy (non-hydrogen) atoms. The van der Waals surface area contributed by atoms with E-state index in [2.05, 4.69) is 15.1 Å². The molecular weight excluding hydrogens is 304 g/mol. The quantitative estimate of drug-likeness (QED) is 0.831. The number of nitrogens with zero attached hydrogens (tertiary/aromatic N) is 4. The van der Waals surface area contributed by atoms with Crippen molar-refractivity contribution in [3.8, 4) is 11.5 Å². The lowest BCUT2D eigenvalue weighted by Gasteiger charge is -2.14. The van der Waals surface area contributed by atoms with Crippen LogP contribution in [0.15, 0.2) is 29.0 Å². The third-order valence-corrected chi connectivity index (χ3v) is 5.78. The van der Waals surface area contributed by atoms with E-state index in [1.807, 2.05) is 6.92 Å². The number of hydrogen-bond donors (Lipinski definition) is 0. The van der Waals surface area contributed by atoms with Crippen molar-refractivity contribution in [2.45, 2.75) is 25.7 Å². The second kappa shape index (κ2) is 6.13. The first kappa shape index (κ1) is 15.1. The highest BCUT2D eigenvalue weighted by molar-refractivity contribution is 7.89. The molecule has 1 saturated heterocycles. The van der Waals surface area contributed by atoms with Gasteiger partial charge in [-0.3, -0.25) is 4.98 Å². The maximum absolute atomic E-state index is 12.1. The summed E-state index contributed by atoms with van der Waals surface area (Å²) >= 11 is 0. The van der Waals surface area contributed by atoms with E-state index in [9.17, 15) is 8.42 Å². The monoisotopic (exact) mass is 322 g/mol. The molecule has 0 amide bonds.